The second-order valence-corrected chi connectivity index (χ2v) is 5.36. The van der Waals surface area contributed by atoms with E-state index in [2.05, 4.69) is 50.6 Å². The Bertz CT molecular complexity index is 316. The van der Waals surface area contributed by atoms with Gasteiger partial charge in [0.05, 0.1) is 0 Å². The first-order chi connectivity index (χ1) is 7.13. The van der Waals surface area contributed by atoms with Crippen molar-refractivity contribution >= 4 is 31.9 Å². The van der Waals surface area contributed by atoms with Crippen molar-refractivity contribution in [2.45, 2.75) is 25.3 Å². The third-order valence-corrected chi connectivity index (χ3v) is 3.15. The first-order valence-electron chi connectivity index (χ1n) is 4.96. The summed E-state index contributed by atoms with van der Waals surface area (Å²) in [6.07, 6.45) is 5.05. The molecule has 1 rings (SSSR count). The van der Waals surface area contributed by atoms with E-state index in [1.165, 1.54) is 5.56 Å². The van der Waals surface area contributed by atoms with Gasteiger partial charge < -0.3 is 5.73 Å². The molecule has 0 aliphatic rings. The highest BCUT2D eigenvalue weighted by atomic mass is 79.9. The van der Waals surface area contributed by atoms with E-state index in [0.717, 1.165) is 28.2 Å². The number of unbranched alkanes of at least 4 members (excludes halogenated alkanes) is 1. The van der Waals surface area contributed by atoms with Crippen LogP contribution in [0.15, 0.2) is 39.8 Å². The van der Waals surface area contributed by atoms with E-state index >= 15 is 0 Å². The molecule has 1 aromatic rings. The highest BCUT2D eigenvalue weighted by molar-refractivity contribution is 9.11. The largest absolute Gasteiger partial charge is 0.324 e. The van der Waals surface area contributed by atoms with E-state index in [-0.39, 0.29) is 6.04 Å². The Morgan fingerprint density at radius 1 is 1.27 bits per heavy atom. The van der Waals surface area contributed by atoms with Gasteiger partial charge in [-0.2, -0.15) is 0 Å². The summed E-state index contributed by atoms with van der Waals surface area (Å²) in [5.74, 6) is 0. The molecule has 0 bridgehead atoms. The molecule has 1 unspecified atom stereocenters. The maximum Gasteiger partial charge on any atom is 0.0295 e. The molecule has 15 heavy (non-hydrogen) atoms. The Balaban J connectivity index is 2.64. The summed E-state index contributed by atoms with van der Waals surface area (Å²) in [5.41, 5.74) is 7.26. The van der Waals surface area contributed by atoms with E-state index in [0.29, 0.717) is 0 Å². The highest BCUT2D eigenvalue weighted by Crippen LogP contribution is 2.25. The number of halogens is 2. The second kappa shape index (κ2) is 6.46. The van der Waals surface area contributed by atoms with E-state index in [1.807, 2.05) is 12.1 Å². The lowest BCUT2D eigenvalue weighted by Crippen LogP contribution is -2.09. The van der Waals surface area contributed by atoms with Crippen molar-refractivity contribution in [2.75, 3.05) is 0 Å². The average molecular weight is 333 g/mol. The Morgan fingerprint density at radius 2 is 1.87 bits per heavy atom. The van der Waals surface area contributed by atoms with Crippen LogP contribution in [-0.4, -0.2) is 0 Å². The molecule has 0 saturated carbocycles. The van der Waals surface area contributed by atoms with Crippen LogP contribution in [0.1, 0.15) is 30.9 Å². The Hall–Kier alpha value is -0.120. The normalized spacial score (nSPS) is 12.5. The number of nitrogens with two attached hydrogens (primary N) is 1. The summed E-state index contributed by atoms with van der Waals surface area (Å²) < 4.78 is 2.12. The topological polar surface area (TPSA) is 26.0 Å². The highest BCUT2D eigenvalue weighted by Gasteiger charge is 2.06. The molecule has 3 heteroatoms. The van der Waals surface area contributed by atoms with Gasteiger partial charge in [0.25, 0.3) is 0 Å². The lowest BCUT2D eigenvalue weighted by Gasteiger charge is -2.12. The van der Waals surface area contributed by atoms with Gasteiger partial charge in [-0.25, -0.2) is 0 Å². The van der Waals surface area contributed by atoms with Gasteiger partial charge in [-0.15, -0.1) is 6.58 Å². The van der Waals surface area contributed by atoms with Crippen LogP contribution in [0.4, 0.5) is 0 Å². The molecule has 0 aromatic heterocycles. The first-order valence-corrected chi connectivity index (χ1v) is 6.54. The molecule has 0 aliphatic carbocycles. The smallest absolute Gasteiger partial charge is 0.0295 e. The second-order valence-electron chi connectivity index (χ2n) is 3.53. The maximum absolute atomic E-state index is 6.10. The monoisotopic (exact) mass is 331 g/mol. The Labute approximate surface area is 108 Å². The molecular weight excluding hydrogens is 318 g/mol. The summed E-state index contributed by atoms with van der Waals surface area (Å²) >= 11 is 6.92. The van der Waals surface area contributed by atoms with E-state index < -0.39 is 0 Å². The van der Waals surface area contributed by atoms with Crippen LogP contribution in [0.5, 0.6) is 0 Å². The third kappa shape index (κ3) is 4.49. The molecule has 0 amide bonds. The number of benzene rings is 1. The summed E-state index contributed by atoms with van der Waals surface area (Å²) in [5, 5.41) is 0. The van der Waals surface area contributed by atoms with Gasteiger partial charge >= 0.3 is 0 Å². The van der Waals surface area contributed by atoms with Crippen LogP contribution in [0, 0.1) is 0 Å². The molecule has 0 radical (unpaired) electrons. The molecule has 1 aromatic carbocycles. The predicted octanol–water partition coefficient (Wildman–Crippen LogP) is 4.57. The number of rotatable bonds is 5. The molecule has 1 atom stereocenters. The maximum atomic E-state index is 6.10. The molecular formula is C12H15Br2N. The van der Waals surface area contributed by atoms with Gasteiger partial charge in [0, 0.05) is 15.0 Å². The van der Waals surface area contributed by atoms with Crippen molar-refractivity contribution in [3.63, 3.8) is 0 Å². The van der Waals surface area contributed by atoms with Crippen LogP contribution < -0.4 is 5.73 Å². The van der Waals surface area contributed by atoms with Gasteiger partial charge in [-0.3, -0.25) is 0 Å². The van der Waals surface area contributed by atoms with E-state index in [1.54, 1.807) is 0 Å². The van der Waals surface area contributed by atoms with Crippen LogP contribution in [0.3, 0.4) is 0 Å². The van der Waals surface area contributed by atoms with Gasteiger partial charge in [-0.1, -0.05) is 37.9 Å². The molecule has 1 nitrogen and oxygen atoms in total. The lowest BCUT2D eigenvalue weighted by molar-refractivity contribution is 0.617. The minimum absolute atomic E-state index is 0.110. The Morgan fingerprint density at radius 3 is 2.40 bits per heavy atom. The van der Waals surface area contributed by atoms with Crippen molar-refractivity contribution < 1.29 is 0 Å². The van der Waals surface area contributed by atoms with Gasteiger partial charge in [0.1, 0.15) is 0 Å². The molecule has 82 valence electrons. The summed E-state index contributed by atoms with van der Waals surface area (Å²) in [6, 6.07) is 6.27. The Kier molecular flexibility index (Phi) is 5.58. The van der Waals surface area contributed by atoms with Crippen molar-refractivity contribution in [3.05, 3.63) is 45.4 Å². The standard InChI is InChI=1S/C12H15Br2N/c1-2-3-4-5-12(15)9-6-10(13)8-11(14)7-9/h2,6-8,12H,1,3-5,15H2. The molecule has 2 N–H and O–H groups in total. The fraction of sp³-hybridized carbons (Fsp3) is 0.333. The quantitative estimate of drug-likeness (QED) is 0.620. The first kappa shape index (κ1) is 12.9. The van der Waals surface area contributed by atoms with Crippen molar-refractivity contribution in [3.8, 4) is 0 Å². The van der Waals surface area contributed by atoms with Gasteiger partial charge in [0.15, 0.2) is 0 Å². The van der Waals surface area contributed by atoms with Gasteiger partial charge in [0.2, 0.25) is 0 Å². The number of hydrogen-bond donors (Lipinski definition) is 1. The summed E-state index contributed by atoms with van der Waals surface area (Å²) in [6.45, 7) is 3.70. The molecule has 0 fully saturated rings. The zero-order valence-electron chi connectivity index (χ0n) is 8.55. The fourth-order valence-corrected chi connectivity index (χ4v) is 2.77. The number of allylic oxidation sites excluding steroid dienone is 1. The molecule has 0 aliphatic heterocycles. The van der Waals surface area contributed by atoms with E-state index in [4.69, 9.17) is 5.73 Å². The third-order valence-electron chi connectivity index (χ3n) is 2.24. The van der Waals surface area contributed by atoms with Crippen LogP contribution in [0.25, 0.3) is 0 Å². The van der Waals surface area contributed by atoms with Crippen LogP contribution in [-0.2, 0) is 0 Å². The average Bonchev–Trinajstić information content (AvgIpc) is 2.16. The van der Waals surface area contributed by atoms with Crippen molar-refractivity contribution in [2.24, 2.45) is 5.73 Å². The molecule has 0 spiro atoms. The molecule has 0 heterocycles. The fourth-order valence-electron chi connectivity index (χ4n) is 1.44. The molecule has 0 saturated heterocycles. The van der Waals surface area contributed by atoms with Crippen molar-refractivity contribution in [1.82, 2.24) is 0 Å². The van der Waals surface area contributed by atoms with Gasteiger partial charge in [-0.05, 0) is 43.0 Å². The predicted molar refractivity (Wildman–Crippen MR) is 72.8 cm³/mol. The van der Waals surface area contributed by atoms with E-state index in [9.17, 15) is 0 Å². The number of hydrogen-bond acceptors (Lipinski definition) is 1. The SMILES string of the molecule is C=CCCCC(N)c1cc(Br)cc(Br)c1. The summed E-state index contributed by atoms with van der Waals surface area (Å²) in [4.78, 5) is 0. The summed E-state index contributed by atoms with van der Waals surface area (Å²) in [7, 11) is 0. The zero-order valence-corrected chi connectivity index (χ0v) is 11.7. The van der Waals surface area contributed by atoms with Crippen LogP contribution in [0.2, 0.25) is 0 Å². The minimum Gasteiger partial charge on any atom is -0.324 e. The zero-order chi connectivity index (χ0) is 11.3. The van der Waals surface area contributed by atoms with Crippen LogP contribution >= 0.6 is 31.9 Å². The minimum atomic E-state index is 0.110. The lowest BCUT2D eigenvalue weighted by atomic mass is 10.0. The van der Waals surface area contributed by atoms with Crippen molar-refractivity contribution in [1.29, 1.82) is 0 Å².